The number of nitrogens with zero attached hydrogens (tertiary/aromatic N) is 2. The van der Waals surface area contributed by atoms with Crippen LogP contribution < -0.4 is 5.32 Å². The lowest BCUT2D eigenvalue weighted by molar-refractivity contribution is -0.135. The Kier molecular flexibility index (Phi) is 6.72. The van der Waals surface area contributed by atoms with Gasteiger partial charge in [-0.3, -0.25) is 9.59 Å². The number of rotatable bonds is 5. The van der Waals surface area contributed by atoms with Gasteiger partial charge in [0.2, 0.25) is 21.8 Å². The molecule has 0 radical (unpaired) electrons. The SMILES string of the molecule is Cc1ccc(S(=O)(=O)N2CCN(C(=O)CNC(=O)C3CCCCC3)CC2)cc1. The predicted octanol–water partition coefficient (Wildman–Crippen LogP) is 1.52. The molecule has 1 N–H and O–H groups in total. The van der Waals surface area contributed by atoms with Crippen LogP contribution in [0.25, 0.3) is 0 Å². The highest BCUT2D eigenvalue weighted by molar-refractivity contribution is 7.89. The van der Waals surface area contributed by atoms with E-state index < -0.39 is 10.0 Å². The molecule has 7 nitrogen and oxygen atoms in total. The van der Waals surface area contributed by atoms with Crippen LogP contribution in [0.3, 0.4) is 0 Å². The minimum atomic E-state index is -3.54. The van der Waals surface area contributed by atoms with Crippen LogP contribution in [0.2, 0.25) is 0 Å². The first-order chi connectivity index (χ1) is 13.4. The molecule has 2 fully saturated rings. The Morgan fingerprint density at radius 1 is 1.00 bits per heavy atom. The lowest BCUT2D eigenvalue weighted by Crippen LogP contribution is -2.52. The zero-order valence-corrected chi connectivity index (χ0v) is 17.2. The van der Waals surface area contributed by atoms with E-state index >= 15 is 0 Å². The van der Waals surface area contributed by atoms with Crippen LogP contribution in [-0.2, 0) is 19.6 Å². The number of carbonyl (C=O) groups is 2. The number of carbonyl (C=O) groups excluding carboxylic acids is 2. The van der Waals surface area contributed by atoms with E-state index in [0.717, 1.165) is 31.2 Å². The second kappa shape index (κ2) is 9.05. The van der Waals surface area contributed by atoms with Crippen LogP contribution in [0.1, 0.15) is 37.7 Å². The molecular formula is C20H29N3O4S. The first-order valence-corrected chi connectivity index (χ1v) is 11.4. The van der Waals surface area contributed by atoms with E-state index in [0.29, 0.717) is 13.1 Å². The van der Waals surface area contributed by atoms with E-state index in [2.05, 4.69) is 5.32 Å². The average molecular weight is 408 g/mol. The smallest absolute Gasteiger partial charge is 0.243 e. The summed E-state index contributed by atoms with van der Waals surface area (Å²) in [4.78, 5) is 26.5. The highest BCUT2D eigenvalue weighted by Crippen LogP contribution is 2.23. The molecule has 1 heterocycles. The molecule has 2 amide bonds. The Bertz CT molecular complexity index is 793. The van der Waals surface area contributed by atoms with Crippen LogP contribution in [0.4, 0.5) is 0 Å². The molecule has 0 atom stereocenters. The topological polar surface area (TPSA) is 86.8 Å². The summed E-state index contributed by atoms with van der Waals surface area (Å²) in [6.07, 6.45) is 5.12. The zero-order chi connectivity index (χ0) is 20.1. The Morgan fingerprint density at radius 2 is 1.61 bits per heavy atom. The van der Waals surface area contributed by atoms with Crippen molar-refractivity contribution in [3.05, 3.63) is 29.8 Å². The Hall–Kier alpha value is -1.93. The number of hydrogen-bond acceptors (Lipinski definition) is 4. The molecular weight excluding hydrogens is 378 g/mol. The van der Waals surface area contributed by atoms with E-state index in [-0.39, 0.29) is 42.3 Å². The van der Waals surface area contributed by atoms with Crippen molar-refractivity contribution in [3.8, 4) is 0 Å². The van der Waals surface area contributed by atoms with Crippen molar-refractivity contribution in [1.82, 2.24) is 14.5 Å². The maximum Gasteiger partial charge on any atom is 0.243 e. The Balaban J connectivity index is 1.48. The zero-order valence-electron chi connectivity index (χ0n) is 16.4. The lowest BCUT2D eigenvalue weighted by Gasteiger charge is -2.34. The second-order valence-electron chi connectivity index (χ2n) is 7.65. The summed E-state index contributed by atoms with van der Waals surface area (Å²) in [5.74, 6) is -0.164. The molecule has 0 spiro atoms. The standard InChI is InChI=1S/C20H29N3O4S/c1-16-7-9-18(10-8-16)28(26,27)23-13-11-22(12-14-23)19(24)15-21-20(25)17-5-3-2-4-6-17/h7-10,17H,2-6,11-15H2,1H3,(H,21,25). The molecule has 1 aliphatic carbocycles. The van der Waals surface area contributed by atoms with Gasteiger partial charge in [-0.1, -0.05) is 37.0 Å². The fourth-order valence-electron chi connectivity index (χ4n) is 3.82. The fraction of sp³-hybridized carbons (Fsp3) is 0.600. The third-order valence-electron chi connectivity index (χ3n) is 5.64. The quantitative estimate of drug-likeness (QED) is 0.802. The normalized spacial score (nSPS) is 19.4. The van der Waals surface area contributed by atoms with Gasteiger partial charge < -0.3 is 10.2 Å². The monoisotopic (exact) mass is 407 g/mol. The average Bonchev–Trinajstić information content (AvgIpc) is 2.73. The van der Waals surface area contributed by atoms with Gasteiger partial charge >= 0.3 is 0 Å². The number of piperazine rings is 1. The van der Waals surface area contributed by atoms with Gasteiger partial charge in [0, 0.05) is 32.1 Å². The van der Waals surface area contributed by atoms with Gasteiger partial charge in [0.1, 0.15) is 0 Å². The molecule has 28 heavy (non-hydrogen) atoms. The van der Waals surface area contributed by atoms with Crippen molar-refractivity contribution < 1.29 is 18.0 Å². The van der Waals surface area contributed by atoms with E-state index in [9.17, 15) is 18.0 Å². The van der Waals surface area contributed by atoms with Crippen molar-refractivity contribution >= 4 is 21.8 Å². The third-order valence-corrected chi connectivity index (χ3v) is 7.55. The minimum absolute atomic E-state index is 0.0138. The Labute approximate surface area is 167 Å². The minimum Gasteiger partial charge on any atom is -0.347 e. The van der Waals surface area contributed by atoms with Gasteiger partial charge in [-0.15, -0.1) is 0 Å². The summed E-state index contributed by atoms with van der Waals surface area (Å²) in [6, 6.07) is 6.79. The van der Waals surface area contributed by atoms with E-state index in [1.165, 1.54) is 10.7 Å². The largest absolute Gasteiger partial charge is 0.347 e. The summed E-state index contributed by atoms with van der Waals surface area (Å²) in [6.45, 7) is 3.09. The first kappa shape index (κ1) is 20.8. The molecule has 0 bridgehead atoms. The molecule has 1 aromatic carbocycles. The summed E-state index contributed by atoms with van der Waals surface area (Å²) >= 11 is 0. The van der Waals surface area contributed by atoms with Gasteiger partial charge in [0.05, 0.1) is 11.4 Å². The molecule has 0 aromatic heterocycles. The van der Waals surface area contributed by atoms with E-state index in [4.69, 9.17) is 0 Å². The molecule has 1 aliphatic heterocycles. The molecule has 1 saturated heterocycles. The highest BCUT2D eigenvalue weighted by Gasteiger charge is 2.30. The van der Waals surface area contributed by atoms with E-state index in [1.807, 2.05) is 6.92 Å². The van der Waals surface area contributed by atoms with Crippen LogP contribution in [0, 0.1) is 12.8 Å². The molecule has 2 aliphatic rings. The van der Waals surface area contributed by atoms with Crippen molar-refractivity contribution in [3.63, 3.8) is 0 Å². The summed E-state index contributed by atoms with van der Waals surface area (Å²) in [5.41, 5.74) is 1.00. The predicted molar refractivity (Wildman–Crippen MR) is 106 cm³/mol. The third kappa shape index (κ3) is 4.91. The van der Waals surface area contributed by atoms with E-state index in [1.54, 1.807) is 29.2 Å². The molecule has 1 saturated carbocycles. The van der Waals surface area contributed by atoms with Gasteiger partial charge in [-0.25, -0.2) is 8.42 Å². The number of aryl methyl sites for hydroxylation is 1. The number of benzene rings is 1. The molecule has 0 unspecified atom stereocenters. The maximum atomic E-state index is 12.7. The number of hydrogen-bond donors (Lipinski definition) is 1. The summed E-state index contributed by atoms with van der Waals surface area (Å²) in [7, 11) is -3.54. The van der Waals surface area contributed by atoms with Crippen molar-refractivity contribution in [2.24, 2.45) is 5.92 Å². The molecule has 154 valence electrons. The molecule has 8 heteroatoms. The van der Waals surface area contributed by atoms with Gasteiger partial charge in [0.25, 0.3) is 0 Å². The van der Waals surface area contributed by atoms with Gasteiger partial charge in [0.15, 0.2) is 0 Å². The molecule has 3 rings (SSSR count). The van der Waals surface area contributed by atoms with Gasteiger partial charge in [-0.2, -0.15) is 4.31 Å². The van der Waals surface area contributed by atoms with Crippen LogP contribution in [0.5, 0.6) is 0 Å². The highest BCUT2D eigenvalue weighted by atomic mass is 32.2. The maximum absolute atomic E-state index is 12.7. The number of sulfonamides is 1. The van der Waals surface area contributed by atoms with Crippen LogP contribution in [-0.4, -0.2) is 62.2 Å². The van der Waals surface area contributed by atoms with Crippen molar-refractivity contribution in [2.75, 3.05) is 32.7 Å². The van der Waals surface area contributed by atoms with Gasteiger partial charge in [-0.05, 0) is 31.9 Å². The first-order valence-electron chi connectivity index (χ1n) is 10.0. The lowest BCUT2D eigenvalue weighted by atomic mass is 9.89. The van der Waals surface area contributed by atoms with Crippen LogP contribution in [0.15, 0.2) is 29.2 Å². The fourth-order valence-corrected chi connectivity index (χ4v) is 5.24. The van der Waals surface area contributed by atoms with Crippen molar-refractivity contribution in [2.45, 2.75) is 43.9 Å². The summed E-state index contributed by atoms with van der Waals surface area (Å²) < 4.78 is 26.9. The number of amides is 2. The molecule has 1 aromatic rings. The van der Waals surface area contributed by atoms with Crippen molar-refractivity contribution in [1.29, 1.82) is 0 Å². The summed E-state index contributed by atoms with van der Waals surface area (Å²) in [5, 5.41) is 2.76. The van der Waals surface area contributed by atoms with Crippen LogP contribution >= 0.6 is 0 Å². The number of nitrogens with one attached hydrogen (secondary N) is 1. The second-order valence-corrected chi connectivity index (χ2v) is 9.59. The Morgan fingerprint density at radius 3 is 2.21 bits per heavy atom.